The minimum Gasteiger partial charge on any atom is -0.436 e. The van der Waals surface area contributed by atoms with Crippen molar-refractivity contribution in [3.8, 4) is 11.5 Å². The van der Waals surface area contributed by atoms with E-state index in [1.165, 1.54) is 30.3 Å². The zero-order chi connectivity index (χ0) is 11.8. The molecule has 1 heterocycles. The van der Waals surface area contributed by atoms with Crippen molar-refractivity contribution in [1.29, 1.82) is 0 Å². The quantitative estimate of drug-likeness (QED) is 0.637. The topological polar surface area (TPSA) is 26.0 Å². The first-order valence-corrected chi connectivity index (χ1v) is 5.04. The second-order valence-electron chi connectivity index (χ2n) is 3.64. The van der Waals surface area contributed by atoms with E-state index in [0.29, 0.717) is 16.7 Å². The van der Waals surface area contributed by atoms with Gasteiger partial charge in [0.2, 0.25) is 5.89 Å². The zero-order valence-corrected chi connectivity index (χ0v) is 8.65. The molecule has 2 aromatic carbocycles. The highest BCUT2D eigenvalue weighted by Crippen LogP contribution is 2.24. The lowest BCUT2D eigenvalue weighted by Gasteiger charge is -1.93. The smallest absolute Gasteiger partial charge is 0.227 e. The van der Waals surface area contributed by atoms with Gasteiger partial charge in [-0.1, -0.05) is 6.07 Å². The summed E-state index contributed by atoms with van der Waals surface area (Å²) in [5.41, 5.74) is 1.43. The molecular weight excluding hydrogens is 224 g/mol. The van der Waals surface area contributed by atoms with Gasteiger partial charge in [-0.15, -0.1) is 0 Å². The molecule has 0 N–H and O–H groups in total. The standard InChI is InChI=1S/C13H7F2NO/c14-9-3-1-2-8(6-9)13-16-11-7-10(15)4-5-12(11)17-13/h1-7H. The fraction of sp³-hybridized carbons (Fsp3) is 0. The molecule has 1 aromatic heterocycles. The van der Waals surface area contributed by atoms with E-state index in [2.05, 4.69) is 4.98 Å². The lowest BCUT2D eigenvalue weighted by Crippen LogP contribution is -1.79. The van der Waals surface area contributed by atoms with Crippen molar-refractivity contribution in [3.63, 3.8) is 0 Å². The molecule has 0 spiro atoms. The minimum atomic E-state index is -0.378. The zero-order valence-electron chi connectivity index (χ0n) is 8.65. The highest BCUT2D eigenvalue weighted by molar-refractivity contribution is 5.76. The van der Waals surface area contributed by atoms with E-state index in [4.69, 9.17) is 4.42 Å². The fourth-order valence-electron chi connectivity index (χ4n) is 1.65. The van der Waals surface area contributed by atoms with Crippen LogP contribution in [-0.4, -0.2) is 4.98 Å². The van der Waals surface area contributed by atoms with E-state index < -0.39 is 0 Å². The fourth-order valence-corrected chi connectivity index (χ4v) is 1.65. The van der Waals surface area contributed by atoms with Gasteiger partial charge in [0.1, 0.15) is 17.2 Å². The summed E-state index contributed by atoms with van der Waals surface area (Å²) in [5.74, 6) is -0.461. The van der Waals surface area contributed by atoms with Crippen molar-refractivity contribution in [1.82, 2.24) is 4.98 Å². The van der Waals surface area contributed by atoms with Gasteiger partial charge in [0.25, 0.3) is 0 Å². The molecule has 0 aliphatic rings. The van der Waals surface area contributed by atoms with Crippen LogP contribution in [0, 0.1) is 11.6 Å². The van der Waals surface area contributed by atoms with Gasteiger partial charge in [-0.3, -0.25) is 0 Å². The van der Waals surface area contributed by atoms with Crippen molar-refractivity contribution in [2.45, 2.75) is 0 Å². The van der Waals surface area contributed by atoms with E-state index in [1.54, 1.807) is 12.1 Å². The molecule has 0 amide bonds. The maximum Gasteiger partial charge on any atom is 0.227 e. The number of fused-ring (bicyclic) bond motifs is 1. The summed E-state index contributed by atoms with van der Waals surface area (Å²) < 4.78 is 31.4. The third-order valence-corrected chi connectivity index (χ3v) is 2.42. The predicted molar refractivity (Wildman–Crippen MR) is 59.4 cm³/mol. The van der Waals surface area contributed by atoms with Crippen LogP contribution in [0.3, 0.4) is 0 Å². The van der Waals surface area contributed by atoms with Crippen LogP contribution in [0.25, 0.3) is 22.6 Å². The van der Waals surface area contributed by atoms with Crippen LogP contribution < -0.4 is 0 Å². The molecule has 2 nitrogen and oxygen atoms in total. The van der Waals surface area contributed by atoms with Gasteiger partial charge in [0.05, 0.1) is 0 Å². The number of oxazole rings is 1. The Balaban J connectivity index is 2.18. The SMILES string of the molecule is Fc1cccc(-c2nc3cc(F)ccc3o2)c1. The maximum absolute atomic E-state index is 13.0. The molecule has 0 fully saturated rings. The molecule has 3 aromatic rings. The van der Waals surface area contributed by atoms with Crippen molar-refractivity contribution in [3.05, 3.63) is 54.1 Å². The van der Waals surface area contributed by atoms with Crippen LogP contribution in [0.15, 0.2) is 46.9 Å². The Bertz CT molecular complexity index is 691. The molecular formula is C13H7F2NO. The molecule has 3 rings (SSSR count). The Kier molecular flexibility index (Phi) is 2.14. The van der Waals surface area contributed by atoms with Crippen LogP contribution in [0.2, 0.25) is 0 Å². The largest absolute Gasteiger partial charge is 0.436 e. The molecule has 0 radical (unpaired) electrons. The summed E-state index contributed by atoms with van der Waals surface area (Å²) >= 11 is 0. The maximum atomic E-state index is 13.0. The van der Waals surface area contributed by atoms with Crippen molar-refractivity contribution < 1.29 is 13.2 Å². The summed E-state index contributed by atoms with van der Waals surface area (Å²) in [6, 6.07) is 9.99. The number of rotatable bonds is 1. The lowest BCUT2D eigenvalue weighted by molar-refractivity contribution is 0.608. The van der Waals surface area contributed by atoms with Crippen molar-refractivity contribution in [2.75, 3.05) is 0 Å². The first-order valence-electron chi connectivity index (χ1n) is 5.04. The van der Waals surface area contributed by atoms with Crippen LogP contribution >= 0.6 is 0 Å². The van der Waals surface area contributed by atoms with Gasteiger partial charge in [-0.05, 0) is 30.3 Å². The summed E-state index contributed by atoms with van der Waals surface area (Å²) in [5, 5.41) is 0. The predicted octanol–water partition coefficient (Wildman–Crippen LogP) is 3.77. The van der Waals surface area contributed by atoms with Gasteiger partial charge in [0, 0.05) is 11.6 Å². The van der Waals surface area contributed by atoms with Crippen LogP contribution in [0.5, 0.6) is 0 Å². The molecule has 0 aliphatic carbocycles. The Labute approximate surface area is 95.5 Å². The third kappa shape index (κ3) is 1.78. The molecule has 0 saturated heterocycles. The number of nitrogens with zero attached hydrogens (tertiary/aromatic N) is 1. The Morgan fingerprint density at radius 1 is 0.941 bits per heavy atom. The average molecular weight is 231 g/mol. The van der Waals surface area contributed by atoms with E-state index in [-0.39, 0.29) is 17.5 Å². The monoisotopic (exact) mass is 231 g/mol. The van der Waals surface area contributed by atoms with Gasteiger partial charge in [-0.2, -0.15) is 0 Å². The summed E-state index contributed by atoms with van der Waals surface area (Å²) in [6.07, 6.45) is 0. The van der Waals surface area contributed by atoms with E-state index in [0.717, 1.165) is 0 Å². The number of hydrogen-bond donors (Lipinski definition) is 0. The van der Waals surface area contributed by atoms with E-state index >= 15 is 0 Å². The first kappa shape index (κ1) is 9.96. The van der Waals surface area contributed by atoms with Crippen LogP contribution in [0.4, 0.5) is 8.78 Å². The lowest BCUT2D eigenvalue weighted by atomic mass is 10.2. The summed E-state index contributed by atoms with van der Waals surface area (Å²) in [6.45, 7) is 0. The van der Waals surface area contributed by atoms with Crippen molar-refractivity contribution in [2.24, 2.45) is 0 Å². The molecule has 0 saturated carbocycles. The second-order valence-corrected chi connectivity index (χ2v) is 3.64. The Morgan fingerprint density at radius 3 is 2.59 bits per heavy atom. The van der Waals surface area contributed by atoms with Gasteiger partial charge in [-0.25, -0.2) is 13.8 Å². The van der Waals surface area contributed by atoms with Gasteiger partial charge >= 0.3 is 0 Å². The van der Waals surface area contributed by atoms with E-state index in [9.17, 15) is 8.78 Å². The van der Waals surface area contributed by atoms with Crippen LogP contribution in [-0.2, 0) is 0 Å². The van der Waals surface area contributed by atoms with Crippen LogP contribution in [0.1, 0.15) is 0 Å². The highest BCUT2D eigenvalue weighted by Gasteiger charge is 2.09. The molecule has 4 heteroatoms. The van der Waals surface area contributed by atoms with Gasteiger partial charge in [0.15, 0.2) is 5.58 Å². The molecule has 84 valence electrons. The van der Waals surface area contributed by atoms with Gasteiger partial charge < -0.3 is 4.42 Å². The summed E-state index contributed by atoms with van der Waals surface area (Å²) in [7, 11) is 0. The Morgan fingerprint density at radius 2 is 1.76 bits per heavy atom. The molecule has 17 heavy (non-hydrogen) atoms. The second kappa shape index (κ2) is 3.66. The van der Waals surface area contributed by atoms with E-state index in [1.807, 2.05) is 0 Å². The highest BCUT2D eigenvalue weighted by atomic mass is 19.1. The molecule has 0 aliphatic heterocycles. The number of aromatic nitrogens is 1. The Hall–Kier alpha value is -2.23. The minimum absolute atomic E-state index is 0.283. The molecule has 0 atom stereocenters. The number of hydrogen-bond acceptors (Lipinski definition) is 2. The number of halogens is 2. The average Bonchev–Trinajstić information content (AvgIpc) is 2.72. The number of benzene rings is 2. The third-order valence-electron chi connectivity index (χ3n) is 2.42. The normalized spacial score (nSPS) is 10.9. The molecule has 0 bridgehead atoms. The van der Waals surface area contributed by atoms with Crippen molar-refractivity contribution >= 4 is 11.1 Å². The summed E-state index contributed by atoms with van der Waals surface area (Å²) in [4.78, 5) is 4.11. The molecule has 0 unspecified atom stereocenters. The first-order chi connectivity index (χ1) is 8.22.